The molecule has 2 aromatic rings. The Morgan fingerprint density at radius 1 is 1.30 bits per heavy atom. The molecule has 0 aliphatic carbocycles. The van der Waals surface area contributed by atoms with Gasteiger partial charge in [0.2, 0.25) is 0 Å². The summed E-state index contributed by atoms with van der Waals surface area (Å²) in [7, 11) is 1.62. The van der Waals surface area contributed by atoms with Crippen molar-refractivity contribution in [2.45, 2.75) is 19.4 Å². The van der Waals surface area contributed by atoms with Crippen molar-refractivity contribution in [3.8, 4) is 5.75 Å². The molecule has 20 heavy (non-hydrogen) atoms. The van der Waals surface area contributed by atoms with Gasteiger partial charge in [0.15, 0.2) is 0 Å². The molecule has 0 aliphatic rings. The molecule has 0 fully saturated rings. The number of benzene rings is 2. The van der Waals surface area contributed by atoms with E-state index < -0.39 is 0 Å². The Labute approximate surface area is 123 Å². The maximum Gasteiger partial charge on any atom is 0.127 e. The molecule has 4 heteroatoms. The Morgan fingerprint density at radius 3 is 2.75 bits per heavy atom. The van der Waals surface area contributed by atoms with Gasteiger partial charge in [0.05, 0.1) is 7.11 Å². The van der Waals surface area contributed by atoms with Gasteiger partial charge in [0, 0.05) is 11.1 Å². The second-order valence-corrected chi connectivity index (χ2v) is 5.19. The molecule has 0 spiro atoms. The lowest BCUT2D eigenvalue weighted by Gasteiger charge is -2.15. The van der Waals surface area contributed by atoms with E-state index in [0.29, 0.717) is 17.0 Å². The van der Waals surface area contributed by atoms with Gasteiger partial charge in [-0.2, -0.15) is 0 Å². The fourth-order valence-corrected chi connectivity index (χ4v) is 2.42. The molecule has 0 saturated heterocycles. The second kappa shape index (κ2) is 6.25. The van der Waals surface area contributed by atoms with E-state index in [2.05, 4.69) is 0 Å². The molecule has 2 aromatic carbocycles. The van der Waals surface area contributed by atoms with Crippen LogP contribution in [0.4, 0.5) is 4.39 Å². The molecule has 1 atom stereocenters. The van der Waals surface area contributed by atoms with Gasteiger partial charge >= 0.3 is 0 Å². The summed E-state index contributed by atoms with van der Waals surface area (Å²) in [5, 5.41) is 0.364. The molecule has 2 rings (SSSR count). The van der Waals surface area contributed by atoms with Crippen LogP contribution in [-0.2, 0) is 6.42 Å². The van der Waals surface area contributed by atoms with Crippen molar-refractivity contribution in [1.29, 1.82) is 0 Å². The lowest BCUT2D eigenvalue weighted by molar-refractivity contribution is 0.414. The maximum absolute atomic E-state index is 13.4. The zero-order valence-corrected chi connectivity index (χ0v) is 12.2. The van der Waals surface area contributed by atoms with E-state index in [9.17, 15) is 4.39 Å². The van der Waals surface area contributed by atoms with Gasteiger partial charge in [0.25, 0.3) is 0 Å². The van der Waals surface area contributed by atoms with Crippen LogP contribution in [0.15, 0.2) is 36.4 Å². The zero-order valence-electron chi connectivity index (χ0n) is 11.5. The summed E-state index contributed by atoms with van der Waals surface area (Å²) >= 11 is 6.08. The standard InChI is InChI=1S/C16H17ClFNO/c1-10-6-13(14(17)9-15(10)18)16(19)8-11-4-3-5-12(7-11)20-2/h3-7,9,16H,8,19H2,1-2H3. The average molecular weight is 294 g/mol. The van der Waals surface area contributed by atoms with E-state index in [1.54, 1.807) is 20.1 Å². The molecular weight excluding hydrogens is 277 g/mol. The van der Waals surface area contributed by atoms with Crippen molar-refractivity contribution >= 4 is 11.6 Å². The third-order valence-corrected chi connectivity index (χ3v) is 3.59. The molecule has 0 aromatic heterocycles. The topological polar surface area (TPSA) is 35.2 Å². The number of nitrogens with two attached hydrogens (primary N) is 1. The number of hydrogen-bond donors (Lipinski definition) is 1. The normalized spacial score (nSPS) is 12.2. The van der Waals surface area contributed by atoms with Crippen molar-refractivity contribution in [1.82, 2.24) is 0 Å². The van der Waals surface area contributed by atoms with Crippen LogP contribution >= 0.6 is 11.6 Å². The lowest BCUT2D eigenvalue weighted by Crippen LogP contribution is -2.14. The summed E-state index contributed by atoms with van der Waals surface area (Å²) in [6.45, 7) is 1.70. The molecular formula is C16H17ClFNO. The summed E-state index contributed by atoms with van der Waals surface area (Å²) in [6, 6.07) is 10.5. The van der Waals surface area contributed by atoms with E-state index >= 15 is 0 Å². The van der Waals surface area contributed by atoms with E-state index in [1.165, 1.54) is 6.07 Å². The molecule has 1 unspecified atom stereocenters. The number of ether oxygens (including phenoxy) is 1. The first-order valence-corrected chi connectivity index (χ1v) is 6.73. The summed E-state index contributed by atoms with van der Waals surface area (Å²) in [5.74, 6) is 0.475. The van der Waals surface area contributed by atoms with Gasteiger partial charge in [-0.15, -0.1) is 0 Å². The highest BCUT2D eigenvalue weighted by Gasteiger charge is 2.14. The largest absolute Gasteiger partial charge is 0.497 e. The average Bonchev–Trinajstić information content (AvgIpc) is 2.43. The van der Waals surface area contributed by atoms with Gasteiger partial charge in [-0.1, -0.05) is 29.8 Å². The molecule has 2 nitrogen and oxygen atoms in total. The van der Waals surface area contributed by atoms with Gasteiger partial charge in [-0.25, -0.2) is 4.39 Å². The minimum atomic E-state index is -0.313. The van der Waals surface area contributed by atoms with Crippen molar-refractivity contribution < 1.29 is 9.13 Å². The number of hydrogen-bond acceptors (Lipinski definition) is 2. The van der Waals surface area contributed by atoms with Crippen LogP contribution in [0.1, 0.15) is 22.7 Å². The summed E-state index contributed by atoms with van der Waals surface area (Å²) in [6.07, 6.45) is 0.613. The van der Waals surface area contributed by atoms with E-state index in [-0.39, 0.29) is 11.9 Å². The van der Waals surface area contributed by atoms with E-state index in [1.807, 2.05) is 24.3 Å². The highest BCUT2D eigenvalue weighted by Crippen LogP contribution is 2.27. The maximum atomic E-state index is 13.4. The van der Waals surface area contributed by atoms with Crippen LogP contribution in [-0.4, -0.2) is 7.11 Å². The van der Waals surface area contributed by atoms with Gasteiger partial charge in [-0.05, 0) is 48.2 Å². The fraction of sp³-hybridized carbons (Fsp3) is 0.250. The highest BCUT2D eigenvalue weighted by atomic mass is 35.5. The van der Waals surface area contributed by atoms with Crippen LogP contribution in [0.2, 0.25) is 5.02 Å². The molecule has 0 heterocycles. The van der Waals surface area contributed by atoms with Crippen LogP contribution in [0, 0.1) is 12.7 Å². The second-order valence-electron chi connectivity index (χ2n) is 4.79. The SMILES string of the molecule is COc1cccc(CC(N)c2cc(C)c(F)cc2Cl)c1. The third-order valence-electron chi connectivity index (χ3n) is 3.27. The minimum absolute atomic E-state index is 0.283. The van der Waals surface area contributed by atoms with Crippen molar-refractivity contribution in [2.24, 2.45) is 5.73 Å². The molecule has 0 aliphatic heterocycles. The molecule has 0 amide bonds. The zero-order chi connectivity index (χ0) is 14.7. The Hall–Kier alpha value is -1.58. The van der Waals surface area contributed by atoms with Crippen LogP contribution in [0.3, 0.4) is 0 Å². The number of aryl methyl sites for hydroxylation is 1. The van der Waals surface area contributed by atoms with Crippen LogP contribution in [0.25, 0.3) is 0 Å². The smallest absolute Gasteiger partial charge is 0.127 e. The van der Waals surface area contributed by atoms with E-state index in [0.717, 1.165) is 16.9 Å². The van der Waals surface area contributed by atoms with Crippen molar-refractivity contribution in [3.05, 3.63) is 63.9 Å². The predicted molar refractivity (Wildman–Crippen MR) is 79.8 cm³/mol. The first-order valence-electron chi connectivity index (χ1n) is 6.35. The first-order chi connectivity index (χ1) is 9.51. The Bertz CT molecular complexity index is 615. The molecule has 0 bridgehead atoms. The molecule has 2 N–H and O–H groups in total. The Morgan fingerprint density at radius 2 is 2.05 bits per heavy atom. The van der Waals surface area contributed by atoms with Crippen molar-refractivity contribution in [3.63, 3.8) is 0 Å². The third kappa shape index (κ3) is 3.30. The monoisotopic (exact) mass is 293 g/mol. The lowest BCUT2D eigenvalue weighted by atomic mass is 9.98. The summed E-state index contributed by atoms with van der Waals surface area (Å²) < 4.78 is 18.6. The molecule has 0 radical (unpaired) electrons. The van der Waals surface area contributed by atoms with Gasteiger partial charge in [0.1, 0.15) is 11.6 Å². The van der Waals surface area contributed by atoms with Crippen LogP contribution in [0.5, 0.6) is 5.75 Å². The Kier molecular flexibility index (Phi) is 4.63. The van der Waals surface area contributed by atoms with Gasteiger partial charge < -0.3 is 10.5 Å². The van der Waals surface area contributed by atoms with E-state index in [4.69, 9.17) is 22.1 Å². The van der Waals surface area contributed by atoms with Crippen molar-refractivity contribution in [2.75, 3.05) is 7.11 Å². The number of halogens is 2. The summed E-state index contributed by atoms with van der Waals surface area (Å²) in [4.78, 5) is 0. The summed E-state index contributed by atoms with van der Waals surface area (Å²) in [5.41, 5.74) is 8.55. The molecule has 106 valence electrons. The number of rotatable bonds is 4. The first kappa shape index (κ1) is 14.8. The number of methoxy groups -OCH3 is 1. The highest BCUT2D eigenvalue weighted by molar-refractivity contribution is 6.31. The molecule has 0 saturated carbocycles. The Balaban J connectivity index is 2.23. The quantitative estimate of drug-likeness (QED) is 0.923. The minimum Gasteiger partial charge on any atom is -0.497 e. The predicted octanol–water partition coefficient (Wildman–Crippen LogP) is 4.04. The van der Waals surface area contributed by atoms with Gasteiger partial charge in [-0.3, -0.25) is 0 Å². The fourth-order valence-electron chi connectivity index (χ4n) is 2.13. The van der Waals surface area contributed by atoms with Crippen LogP contribution < -0.4 is 10.5 Å².